The fourth-order valence-electron chi connectivity index (χ4n) is 1.35. The molecule has 1 aromatic heterocycles. The lowest BCUT2D eigenvalue weighted by molar-refractivity contribution is -0.114. The second kappa shape index (κ2) is 6.53. The van der Waals surface area contributed by atoms with E-state index in [2.05, 4.69) is 15.2 Å². The number of methoxy groups -OCH3 is 1. The van der Waals surface area contributed by atoms with Crippen LogP contribution in [0.15, 0.2) is 39.6 Å². The van der Waals surface area contributed by atoms with Gasteiger partial charge in [0.1, 0.15) is 0 Å². The minimum atomic E-state index is -0.812. The van der Waals surface area contributed by atoms with Gasteiger partial charge in [-0.05, 0) is 26.8 Å². The van der Waals surface area contributed by atoms with Crippen LogP contribution in [0.4, 0.5) is 0 Å². The summed E-state index contributed by atoms with van der Waals surface area (Å²) in [7, 11) is 1.53. The SMILES string of the molecule is COc1cccc(C(C)=N/C(C)=C(\C)C(=O)N=O)n1. The van der Waals surface area contributed by atoms with Crippen molar-refractivity contribution in [3.8, 4) is 5.88 Å². The molecule has 0 saturated heterocycles. The Morgan fingerprint density at radius 3 is 2.53 bits per heavy atom. The third-order valence-electron chi connectivity index (χ3n) is 2.59. The quantitative estimate of drug-likeness (QED) is 0.473. The fraction of sp³-hybridized carbons (Fsp3) is 0.308. The molecule has 1 rings (SSSR count). The highest BCUT2D eigenvalue weighted by molar-refractivity contribution is 5.99. The van der Waals surface area contributed by atoms with Gasteiger partial charge in [0.15, 0.2) is 0 Å². The third kappa shape index (κ3) is 3.80. The highest BCUT2D eigenvalue weighted by Gasteiger charge is 2.08. The second-order valence-electron chi connectivity index (χ2n) is 3.87. The van der Waals surface area contributed by atoms with Crippen molar-refractivity contribution in [2.45, 2.75) is 20.8 Å². The molecule has 0 fully saturated rings. The summed E-state index contributed by atoms with van der Waals surface area (Å²) < 4.78 is 5.02. The minimum absolute atomic E-state index is 0.220. The molecule has 19 heavy (non-hydrogen) atoms. The van der Waals surface area contributed by atoms with Gasteiger partial charge in [-0.3, -0.25) is 9.79 Å². The largest absolute Gasteiger partial charge is 0.481 e. The van der Waals surface area contributed by atoms with E-state index in [1.165, 1.54) is 14.0 Å². The molecule has 6 heteroatoms. The summed E-state index contributed by atoms with van der Waals surface area (Å²) in [6.07, 6.45) is 0. The normalized spacial score (nSPS) is 12.7. The summed E-state index contributed by atoms with van der Waals surface area (Å²) in [4.78, 5) is 29.8. The molecule has 0 aliphatic rings. The summed E-state index contributed by atoms with van der Waals surface area (Å²) in [5, 5.41) is 2.37. The van der Waals surface area contributed by atoms with E-state index in [-0.39, 0.29) is 5.57 Å². The number of rotatable bonds is 4. The minimum Gasteiger partial charge on any atom is -0.481 e. The number of nitrogens with zero attached hydrogens (tertiary/aromatic N) is 3. The molecule has 0 N–H and O–H groups in total. The Balaban J connectivity index is 3.11. The molecule has 1 amide bonds. The smallest absolute Gasteiger partial charge is 0.314 e. The van der Waals surface area contributed by atoms with Crippen molar-refractivity contribution in [2.75, 3.05) is 7.11 Å². The topological polar surface area (TPSA) is 81.0 Å². The number of carbonyl (C=O) groups is 1. The van der Waals surface area contributed by atoms with Gasteiger partial charge in [-0.15, -0.1) is 4.91 Å². The number of hydrogen-bond acceptors (Lipinski definition) is 5. The van der Waals surface area contributed by atoms with E-state index in [1.54, 1.807) is 32.0 Å². The molecular formula is C13H15N3O3. The first-order valence-corrected chi connectivity index (χ1v) is 5.61. The van der Waals surface area contributed by atoms with Gasteiger partial charge in [0.25, 0.3) is 0 Å². The zero-order chi connectivity index (χ0) is 14.4. The zero-order valence-corrected chi connectivity index (χ0v) is 11.3. The molecule has 0 radical (unpaired) electrons. The predicted octanol–water partition coefficient (Wildman–Crippen LogP) is 2.49. The van der Waals surface area contributed by atoms with Crippen LogP contribution in [0.5, 0.6) is 5.88 Å². The van der Waals surface area contributed by atoms with Gasteiger partial charge in [0, 0.05) is 22.5 Å². The van der Waals surface area contributed by atoms with Gasteiger partial charge < -0.3 is 4.74 Å². The summed E-state index contributed by atoms with van der Waals surface area (Å²) in [6.45, 7) is 4.91. The summed E-state index contributed by atoms with van der Waals surface area (Å²) in [5.74, 6) is -0.330. The van der Waals surface area contributed by atoms with E-state index in [0.29, 0.717) is 23.0 Å². The van der Waals surface area contributed by atoms with E-state index in [4.69, 9.17) is 4.74 Å². The van der Waals surface area contributed by atoms with Crippen LogP contribution in [0.25, 0.3) is 0 Å². The second-order valence-corrected chi connectivity index (χ2v) is 3.87. The molecule has 0 aromatic carbocycles. The van der Waals surface area contributed by atoms with Crippen LogP contribution in [-0.4, -0.2) is 23.7 Å². The zero-order valence-electron chi connectivity index (χ0n) is 11.3. The summed E-state index contributed by atoms with van der Waals surface area (Å²) >= 11 is 0. The van der Waals surface area contributed by atoms with Crippen LogP contribution in [0.1, 0.15) is 26.5 Å². The van der Waals surface area contributed by atoms with Crippen LogP contribution in [-0.2, 0) is 4.79 Å². The summed E-state index contributed by atoms with van der Waals surface area (Å²) in [6, 6.07) is 5.30. The van der Waals surface area contributed by atoms with Gasteiger partial charge in [-0.2, -0.15) is 0 Å². The van der Waals surface area contributed by atoms with E-state index in [1.807, 2.05) is 0 Å². The lowest BCUT2D eigenvalue weighted by Crippen LogP contribution is -2.02. The lowest BCUT2D eigenvalue weighted by atomic mass is 10.2. The molecule has 0 bridgehead atoms. The van der Waals surface area contributed by atoms with E-state index < -0.39 is 5.91 Å². The number of allylic oxidation sites excluding steroid dienone is 1. The number of pyridine rings is 1. The number of amides is 1. The molecule has 1 aromatic rings. The molecule has 100 valence electrons. The van der Waals surface area contributed by atoms with Crippen molar-refractivity contribution in [3.05, 3.63) is 40.1 Å². The maximum atomic E-state index is 11.1. The molecule has 0 spiro atoms. The van der Waals surface area contributed by atoms with Crippen molar-refractivity contribution < 1.29 is 9.53 Å². The van der Waals surface area contributed by atoms with Gasteiger partial charge in [0.2, 0.25) is 5.88 Å². The van der Waals surface area contributed by atoms with Crippen molar-refractivity contribution in [3.63, 3.8) is 0 Å². The monoisotopic (exact) mass is 261 g/mol. The highest BCUT2D eigenvalue weighted by atomic mass is 16.5. The van der Waals surface area contributed by atoms with Crippen LogP contribution >= 0.6 is 0 Å². The first-order valence-electron chi connectivity index (χ1n) is 5.61. The van der Waals surface area contributed by atoms with Crippen molar-refractivity contribution >= 4 is 11.6 Å². The van der Waals surface area contributed by atoms with Gasteiger partial charge in [0.05, 0.1) is 18.5 Å². The predicted molar refractivity (Wildman–Crippen MR) is 72.2 cm³/mol. The van der Waals surface area contributed by atoms with E-state index >= 15 is 0 Å². The average molecular weight is 261 g/mol. The van der Waals surface area contributed by atoms with Gasteiger partial charge in [-0.1, -0.05) is 6.07 Å². The number of carbonyl (C=O) groups excluding carboxylic acids is 1. The van der Waals surface area contributed by atoms with Crippen LogP contribution in [0.2, 0.25) is 0 Å². The Morgan fingerprint density at radius 2 is 1.95 bits per heavy atom. The molecule has 0 saturated carbocycles. The maximum absolute atomic E-state index is 11.1. The molecule has 6 nitrogen and oxygen atoms in total. The lowest BCUT2D eigenvalue weighted by Gasteiger charge is -2.04. The Kier molecular flexibility index (Phi) is 5.05. The fourth-order valence-corrected chi connectivity index (χ4v) is 1.35. The van der Waals surface area contributed by atoms with E-state index in [0.717, 1.165) is 0 Å². The number of aliphatic imine (C=N–C) groups is 1. The van der Waals surface area contributed by atoms with Gasteiger partial charge in [-0.25, -0.2) is 4.98 Å². The van der Waals surface area contributed by atoms with Crippen LogP contribution < -0.4 is 4.74 Å². The Bertz CT molecular complexity index is 562. The van der Waals surface area contributed by atoms with Crippen molar-refractivity contribution in [2.24, 2.45) is 10.2 Å². The first kappa shape index (κ1) is 14.7. The first-order chi connectivity index (χ1) is 8.99. The number of nitroso groups, excluding NO2 is 1. The van der Waals surface area contributed by atoms with Crippen LogP contribution in [0, 0.1) is 4.91 Å². The Morgan fingerprint density at radius 1 is 1.26 bits per heavy atom. The molecule has 0 aliphatic carbocycles. The average Bonchev–Trinajstić information content (AvgIpc) is 2.45. The van der Waals surface area contributed by atoms with E-state index in [9.17, 15) is 9.70 Å². The summed E-state index contributed by atoms with van der Waals surface area (Å²) in [5.41, 5.74) is 1.91. The Labute approximate surface area is 111 Å². The van der Waals surface area contributed by atoms with Crippen molar-refractivity contribution in [1.29, 1.82) is 0 Å². The van der Waals surface area contributed by atoms with Crippen LogP contribution in [0.3, 0.4) is 0 Å². The highest BCUT2D eigenvalue weighted by Crippen LogP contribution is 2.11. The molecule has 1 heterocycles. The molecule has 0 aliphatic heterocycles. The number of hydrogen-bond donors (Lipinski definition) is 0. The standard InChI is InChI=1S/C13H15N3O3/c1-8(13(17)16-18)9(2)14-10(3)11-6-5-7-12(15-11)19-4/h5-7H,1-4H3/b9-8+,14-10?. The van der Waals surface area contributed by atoms with Crippen molar-refractivity contribution in [1.82, 2.24) is 4.98 Å². The Hall–Kier alpha value is -2.37. The molecule has 0 unspecified atom stereocenters. The maximum Gasteiger partial charge on any atom is 0.314 e. The molecule has 0 atom stereocenters. The third-order valence-corrected chi connectivity index (χ3v) is 2.59. The van der Waals surface area contributed by atoms with Gasteiger partial charge >= 0.3 is 5.91 Å². The number of ether oxygens (including phenoxy) is 1. The number of aromatic nitrogens is 1. The molecular weight excluding hydrogens is 246 g/mol.